The fraction of sp³-hybridized carbons (Fsp3) is 0.647. The summed E-state index contributed by atoms with van der Waals surface area (Å²) in [5.74, 6) is -2.92. The molecule has 13 heteroatoms. The fourth-order valence-electron chi connectivity index (χ4n) is 2.70. The molecule has 0 aliphatic carbocycles. The second-order valence-corrected chi connectivity index (χ2v) is 9.55. The van der Waals surface area contributed by atoms with E-state index in [0.29, 0.717) is 17.3 Å². The lowest BCUT2D eigenvalue weighted by Crippen LogP contribution is -2.45. The summed E-state index contributed by atoms with van der Waals surface area (Å²) in [6.07, 6.45) is -2.55. The smallest absolute Gasteiger partial charge is 0.444 e. The van der Waals surface area contributed by atoms with Gasteiger partial charge in [0, 0.05) is 13.1 Å². The number of amides is 3. The van der Waals surface area contributed by atoms with Crippen LogP contribution in [0.25, 0.3) is 0 Å². The minimum atomic E-state index is -5.09. The molecule has 0 unspecified atom stereocenters. The predicted molar refractivity (Wildman–Crippen MR) is 107 cm³/mol. The summed E-state index contributed by atoms with van der Waals surface area (Å²) >= 11 is 1.91. The van der Waals surface area contributed by atoms with E-state index in [2.05, 4.69) is 10.3 Å². The van der Waals surface area contributed by atoms with Gasteiger partial charge in [-0.1, -0.05) is 23.1 Å². The number of thioether (sulfide) groups is 1. The van der Waals surface area contributed by atoms with E-state index >= 15 is 0 Å². The number of ether oxygens (including phenoxy) is 1. The molecule has 1 aromatic heterocycles. The van der Waals surface area contributed by atoms with E-state index in [0.717, 1.165) is 29.5 Å². The van der Waals surface area contributed by atoms with Crippen LogP contribution in [0.3, 0.4) is 0 Å². The first kappa shape index (κ1) is 24.3. The van der Waals surface area contributed by atoms with Gasteiger partial charge >= 0.3 is 18.2 Å². The summed E-state index contributed by atoms with van der Waals surface area (Å²) in [7, 11) is 0. The van der Waals surface area contributed by atoms with E-state index in [9.17, 15) is 27.6 Å². The number of hydrogen-bond donors (Lipinski definition) is 2. The molecule has 0 bridgehead atoms. The van der Waals surface area contributed by atoms with Gasteiger partial charge in [0.2, 0.25) is 0 Å². The average Bonchev–Trinajstić information content (AvgIpc) is 3.24. The Morgan fingerprint density at radius 1 is 1.30 bits per heavy atom. The molecule has 1 aliphatic heterocycles. The van der Waals surface area contributed by atoms with Crippen molar-refractivity contribution in [3.05, 3.63) is 5.69 Å². The summed E-state index contributed by atoms with van der Waals surface area (Å²) in [6, 6.07) is -0.310. The third-order valence-electron chi connectivity index (χ3n) is 3.99. The SMILES string of the molecule is CSc1nc(C(=O)NC[C@H]2CCCN2C(=O)OC(C)(C)C)c(NC(=O)C(F)(F)F)s1. The number of likely N-dealkylation sites (tertiary alicyclic amines) is 1. The van der Waals surface area contributed by atoms with Crippen molar-refractivity contribution < 1.29 is 32.3 Å². The van der Waals surface area contributed by atoms with Gasteiger partial charge in [-0.3, -0.25) is 9.59 Å². The molecule has 0 spiro atoms. The summed E-state index contributed by atoms with van der Waals surface area (Å²) in [5, 5.41) is 4.01. The van der Waals surface area contributed by atoms with Crippen molar-refractivity contribution in [3.63, 3.8) is 0 Å². The number of nitrogens with zero attached hydrogens (tertiary/aromatic N) is 2. The maximum absolute atomic E-state index is 12.6. The standard InChI is InChI=1S/C17H23F3N4O4S2/c1-16(2,3)28-15(27)24-7-5-6-9(24)8-21-11(25)10-12(30-14(22-10)29-4)23-13(26)17(18,19)20/h9H,5-8H2,1-4H3,(H,21,25)(H,23,26)/t9-/m1/s1. The van der Waals surface area contributed by atoms with Crippen molar-refractivity contribution >= 4 is 46.0 Å². The zero-order valence-corrected chi connectivity index (χ0v) is 18.5. The highest BCUT2D eigenvalue weighted by Gasteiger charge is 2.40. The minimum absolute atomic E-state index is 0.0802. The highest BCUT2D eigenvalue weighted by molar-refractivity contribution is 8.00. The lowest BCUT2D eigenvalue weighted by Gasteiger charge is -2.28. The number of halogens is 3. The Kier molecular flexibility index (Phi) is 7.61. The molecular weight excluding hydrogens is 445 g/mol. The summed E-state index contributed by atoms with van der Waals surface area (Å²) in [4.78, 5) is 41.6. The molecule has 1 aliphatic rings. The first-order chi connectivity index (χ1) is 13.8. The van der Waals surface area contributed by atoms with Crippen molar-refractivity contribution in [3.8, 4) is 0 Å². The Bertz CT molecular complexity index is 808. The van der Waals surface area contributed by atoms with Crippen molar-refractivity contribution in [1.82, 2.24) is 15.2 Å². The number of rotatable bonds is 5. The van der Waals surface area contributed by atoms with Crippen LogP contribution in [0.5, 0.6) is 0 Å². The average molecular weight is 469 g/mol. The molecule has 0 saturated carbocycles. The topological polar surface area (TPSA) is 101 Å². The lowest BCUT2D eigenvalue weighted by molar-refractivity contribution is -0.167. The zero-order valence-electron chi connectivity index (χ0n) is 16.9. The maximum Gasteiger partial charge on any atom is 0.471 e. The molecule has 1 aromatic rings. The Labute approximate surface area is 179 Å². The van der Waals surface area contributed by atoms with E-state index in [-0.39, 0.29) is 23.3 Å². The van der Waals surface area contributed by atoms with Crippen molar-refractivity contribution in [1.29, 1.82) is 0 Å². The number of carbonyl (C=O) groups is 3. The molecule has 2 rings (SSSR count). The first-order valence-electron chi connectivity index (χ1n) is 9.02. The summed E-state index contributed by atoms with van der Waals surface area (Å²) in [5.41, 5.74) is -0.961. The highest BCUT2D eigenvalue weighted by atomic mass is 32.2. The monoisotopic (exact) mass is 468 g/mol. The van der Waals surface area contributed by atoms with Crippen LogP contribution in [0.2, 0.25) is 0 Å². The van der Waals surface area contributed by atoms with Gasteiger partial charge < -0.3 is 20.3 Å². The highest BCUT2D eigenvalue weighted by Crippen LogP contribution is 2.32. The number of thiazole rings is 1. The van der Waals surface area contributed by atoms with E-state index < -0.39 is 29.7 Å². The molecule has 0 aromatic carbocycles. The van der Waals surface area contributed by atoms with Crippen LogP contribution in [0.4, 0.5) is 23.0 Å². The molecule has 1 saturated heterocycles. The molecule has 30 heavy (non-hydrogen) atoms. The van der Waals surface area contributed by atoms with Crippen molar-refractivity contribution in [2.45, 2.75) is 55.8 Å². The first-order valence-corrected chi connectivity index (χ1v) is 11.1. The second-order valence-electron chi connectivity index (χ2n) is 7.49. The fourth-order valence-corrected chi connectivity index (χ4v) is 4.16. The minimum Gasteiger partial charge on any atom is -0.444 e. The molecule has 2 N–H and O–H groups in total. The summed E-state index contributed by atoms with van der Waals surface area (Å²) < 4.78 is 43.4. The van der Waals surface area contributed by atoms with Crippen LogP contribution in [0.1, 0.15) is 44.1 Å². The predicted octanol–water partition coefficient (Wildman–Crippen LogP) is 3.50. The van der Waals surface area contributed by atoms with Crippen LogP contribution < -0.4 is 10.6 Å². The van der Waals surface area contributed by atoms with Gasteiger partial charge in [0.25, 0.3) is 5.91 Å². The molecule has 1 atom stereocenters. The number of alkyl halides is 3. The Morgan fingerprint density at radius 2 is 1.97 bits per heavy atom. The Hall–Kier alpha value is -2.02. The van der Waals surface area contributed by atoms with Gasteiger partial charge in [-0.15, -0.1) is 0 Å². The summed E-state index contributed by atoms with van der Waals surface area (Å²) in [6.45, 7) is 5.81. The van der Waals surface area contributed by atoms with Gasteiger partial charge in [0.15, 0.2) is 10.0 Å². The molecule has 3 amide bonds. The van der Waals surface area contributed by atoms with Gasteiger partial charge in [0.05, 0.1) is 6.04 Å². The number of aromatic nitrogens is 1. The van der Waals surface area contributed by atoms with Crippen molar-refractivity contribution in [2.75, 3.05) is 24.7 Å². The van der Waals surface area contributed by atoms with Gasteiger partial charge in [-0.25, -0.2) is 9.78 Å². The number of hydrogen-bond acceptors (Lipinski definition) is 7. The number of anilines is 1. The van der Waals surface area contributed by atoms with Gasteiger partial charge in [0.1, 0.15) is 10.6 Å². The van der Waals surface area contributed by atoms with Crippen LogP contribution >= 0.6 is 23.1 Å². The van der Waals surface area contributed by atoms with Gasteiger partial charge in [-0.2, -0.15) is 13.2 Å². The molecule has 8 nitrogen and oxygen atoms in total. The van der Waals surface area contributed by atoms with Gasteiger partial charge in [-0.05, 0) is 39.9 Å². The van der Waals surface area contributed by atoms with E-state index in [1.165, 1.54) is 4.90 Å². The number of nitrogens with one attached hydrogen (secondary N) is 2. The van der Waals surface area contributed by atoms with Crippen LogP contribution in [0, 0.1) is 0 Å². The Morgan fingerprint density at radius 3 is 2.53 bits per heavy atom. The van der Waals surface area contributed by atoms with Crippen LogP contribution in [0.15, 0.2) is 4.34 Å². The molecule has 168 valence electrons. The third kappa shape index (κ3) is 6.49. The van der Waals surface area contributed by atoms with E-state index in [4.69, 9.17) is 4.74 Å². The van der Waals surface area contributed by atoms with Crippen LogP contribution in [-0.2, 0) is 9.53 Å². The molecule has 0 radical (unpaired) electrons. The zero-order chi connectivity index (χ0) is 22.7. The lowest BCUT2D eigenvalue weighted by atomic mass is 10.2. The second kappa shape index (κ2) is 9.41. The number of carbonyl (C=O) groups excluding carboxylic acids is 3. The van der Waals surface area contributed by atoms with E-state index in [1.807, 2.05) is 0 Å². The maximum atomic E-state index is 12.6. The normalized spacial score (nSPS) is 17.0. The van der Waals surface area contributed by atoms with Crippen molar-refractivity contribution in [2.24, 2.45) is 0 Å². The molecular formula is C17H23F3N4O4S2. The Balaban J connectivity index is 2.06. The third-order valence-corrected chi connectivity index (χ3v) is 5.94. The molecule has 1 fully saturated rings. The quantitative estimate of drug-likeness (QED) is 0.642. The molecule has 2 heterocycles. The van der Waals surface area contributed by atoms with E-state index in [1.54, 1.807) is 32.3 Å². The largest absolute Gasteiger partial charge is 0.471 e. The van der Waals surface area contributed by atoms with Crippen LogP contribution in [-0.4, -0.2) is 65.0 Å².